The highest BCUT2D eigenvalue weighted by Gasteiger charge is 2.30. The highest BCUT2D eigenvalue weighted by molar-refractivity contribution is 5.94. The Hall–Kier alpha value is -3.14. The predicted molar refractivity (Wildman–Crippen MR) is 121 cm³/mol. The number of carboxylic acids is 1. The molecule has 0 aliphatic carbocycles. The summed E-state index contributed by atoms with van der Waals surface area (Å²) >= 11 is 0. The van der Waals surface area contributed by atoms with E-state index in [1.807, 2.05) is 13.8 Å². The lowest BCUT2D eigenvalue weighted by Gasteiger charge is -2.24. The number of carbonyl (C=O) groups excluding carboxylic acids is 3. The van der Waals surface area contributed by atoms with Gasteiger partial charge in [0.05, 0.1) is 6.04 Å². The van der Waals surface area contributed by atoms with Gasteiger partial charge in [0.2, 0.25) is 17.7 Å². The molecule has 0 spiro atoms. The molecular weight excluding hydrogens is 428 g/mol. The van der Waals surface area contributed by atoms with E-state index >= 15 is 0 Å². The van der Waals surface area contributed by atoms with E-state index in [2.05, 4.69) is 21.3 Å². The van der Waals surface area contributed by atoms with Crippen LogP contribution in [0.5, 0.6) is 5.75 Å². The van der Waals surface area contributed by atoms with Crippen molar-refractivity contribution in [3.8, 4) is 5.75 Å². The molecule has 3 amide bonds. The highest BCUT2D eigenvalue weighted by Crippen LogP contribution is 2.12. The molecule has 33 heavy (non-hydrogen) atoms. The van der Waals surface area contributed by atoms with Gasteiger partial charge in [-0.3, -0.25) is 14.4 Å². The van der Waals surface area contributed by atoms with Crippen molar-refractivity contribution in [2.75, 3.05) is 6.54 Å². The molecule has 182 valence electrons. The van der Waals surface area contributed by atoms with Crippen molar-refractivity contribution < 1.29 is 29.4 Å². The van der Waals surface area contributed by atoms with E-state index in [0.29, 0.717) is 18.4 Å². The van der Waals surface area contributed by atoms with Gasteiger partial charge in [-0.2, -0.15) is 0 Å². The van der Waals surface area contributed by atoms with Crippen LogP contribution in [0.25, 0.3) is 0 Å². The van der Waals surface area contributed by atoms with Crippen molar-refractivity contribution in [3.05, 3.63) is 29.8 Å². The molecule has 6 N–H and O–H groups in total. The molecule has 0 radical (unpaired) electrons. The number of phenols is 1. The first-order valence-electron chi connectivity index (χ1n) is 11.2. The number of phenolic OH excluding ortho intramolecular Hbond substituents is 1. The maximum Gasteiger partial charge on any atom is 0.326 e. The molecule has 0 saturated carbocycles. The Morgan fingerprint density at radius 2 is 1.67 bits per heavy atom. The van der Waals surface area contributed by atoms with Crippen LogP contribution in [0.3, 0.4) is 0 Å². The molecule has 10 nitrogen and oxygen atoms in total. The molecular formula is C23H34N4O6. The molecule has 1 saturated heterocycles. The minimum absolute atomic E-state index is 0.0163. The zero-order chi connectivity index (χ0) is 24.5. The third-order valence-corrected chi connectivity index (χ3v) is 5.46. The van der Waals surface area contributed by atoms with E-state index in [9.17, 15) is 29.4 Å². The largest absolute Gasteiger partial charge is 0.508 e. The van der Waals surface area contributed by atoms with Crippen LogP contribution in [-0.2, 0) is 25.6 Å². The van der Waals surface area contributed by atoms with Gasteiger partial charge >= 0.3 is 5.97 Å². The molecule has 1 fully saturated rings. The summed E-state index contributed by atoms with van der Waals surface area (Å²) in [4.78, 5) is 49.5. The van der Waals surface area contributed by atoms with Gasteiger partial charge < -0.3 is 31.5 Å². The number of rotatable bonds is 11. The summed E-state index contributed by atoms with van der Waals surface area (Å²) in [6.07, 6.45) is 2.02. The molecule has 1 heterocycles. The second-order valence-electron chi connectivity index (χ2n) is 8.84. The van der Waals surface area contributed by atoms with Gasteiger partial charge in [0.1, 0.15) is 23.9 Å². The zero-order valence-electron chi connectivity index (χ0n) is 19.3. The standard InChI is InChI=1S/C23H34N4O6/c1-13(2)11-18(26-21(30)17-5-4-10-24-17)22(31)25-14(3)20(29)27-19(23(32)33)12-15-6-8-16(28)9-7-15/h6-9,13-14,17-19,24,28H,4-5,10-12H2,1-3H3,(H,25,31)(H,26,30)(H,27,29)(H,32,33). The third-order valence-electron chi connectivity index (χ3n) is 5.46. The van der Waals surface area contributed by atoms with Crippen molar-refractivity contribution >= 4 is 23.7 Å². The Bertz CT molecular complexity index is 836. The minimum atomic E-state index is -1.22. The summed E-state index contributed by atoms with van der Waals surface area (Å²) in [7, 11) is 0. The number of aromatic hydroxyl groups is 1. The summed E-state index contributed by atoms with van der Waals surface area (Å²) < 4.78 is 0. The van der Waals surface area contributed by atoms with Crippen molar-refractivity contribution in [3.63, 3.8) is 0 Å². The Morgan fingerprint density at radius 3 is 2.21 bits per heavy atom. The molecule has 0 bridgehead atoms. The molecule has 1 aliphatic rings. The maximum absolute atomic E-state index is 12.8. The normalized spacial score (nSPS) is 18.2. The maximum atomic E-state index is 12.8. The SMILES string of the molecule is CC(C)CC(NC(=O)C1CCCN1)C(=O)NC(C)C(=O)NC(Cc1ccc(O)cc1)C(=O)O. The van der Waals surface area contributed by atoms with Crippen LogP contribution in [0, 0.1) is 5.92 Å². The van der Waals surface area contributed by atoms with Gasteiger partial charge in [-0.1, -0.05) is 26.0 Å². The predicted octanol–water partition coefficient (Wildman–Crippen LogP) is 0.292. The van der Waals surface area contributed by atoms with Crippen LogP contribution < -0.4 is 21.3 Å². The summed E-state index contributed by atoms with van der Waals surface area (Å²) in [5.74, 6) is -2.43. The van der Waals surface area contributed by atoms with Crippen LogP contribution >= 0.6 is 0 Å². The number of aliphatic carboxylic acids is 1. The van der Waals surface area contributed by atoms with E-state index in [4.69, 9.17) is 0 Å². The van der Waals surface area contributed by atoms with Crippen molar-refractivity contribution in [2.45, 2.75) is 70.6 Å². The third kappa shape index (κ3) is 8.38. The van der Waals surface area contributed by atoms with E-state index in [1.165, 1.54) is 19.1 Å². The first kappa shape index (κ1) is 26.1. The van der Waals surface area contributed by atoms with Gasteiger partial charge in [-0.05, 0) is 56.3 Å². The molecule has 0 aromatic heterocycles. The molecule has 1 aromatic carbocycles. The minimum Gasteiger partial charge on any atom is -0.508 e. The fourth-order valence-electron chi connectivity index (χ4n) is 3.63. The van der Waals surface area contributed by atoms with Crippen LogP contribution in [-0.4, -0.2) is 64.6 Å². The summed E-state index contributed by atoms with van der Waals surface area (Å²) in [5, 5.41) is 29.7. The molecule has 4 unspecified atom stereocenters. The van der Waals surface area contributed by atoms with E-state index < -0.39 is 35.9 Å². The Kier molecular flexibility index (Phi) is 9.65. The monoisotopic (exact) mass is 462 g/mol. The fraction of sp³-hybridized carbons (Fsp3) is 0.565. The summed E-state index contributed by atoms with van der Waals surface area (Å²) in [6, 6.07) is 2.66. The lowest BCUT2D eigenvalue weighted by Crippen LogP contribution is -2.56. The Morgan fingerprint density at radius 1 is 1.00 bits per heavy atom. The van der Waals surface area contributed by atoms with Gasteiger partial charge in [-0.15, -0.1) is 0 Å². The van der Waals surface area contributed by atoms with Crippen molar-refractivity contribution in [1.29, 1.82) is 0 Å². The number of hydrogen-bond acceptors (Lipinski definition) is 6. The molecule has 1 aliphatic heterocycles. The number of carboxylic acid groups (broad SMARTS) is 1. The van der Waals surface area contributed by atoms with Gasteiger partial charge in [0.25, 0.3) is 0 Å². The van der Waals surface area contributed by atoms with E-state index in [0.717, 1.165) is 13.0 Å². The smallest absolute Gasteiger partial charge is 0.326 e. The molecule has 10 heteroatoms. The fourth-order valence-corrected chi connectivity index (χ4v) is 3.63. The van der Waals surface area contributed by atoms with Gasteiger partial charge in [-0.25, -0.2) is 4.79 Å². The quantitative estimate of drug-likeness (QED) is 0.276. The van der Waals surface area contributed by atoms with Crippen LogP contribution in [0.4, 0.5) is 0 Å². The molecule has 4 atom stereocenters. The lowest BCUT2D eigenvalue weighted by molar-refractivity contribution is -0.142. The topological polar surface area (TPSA) is 157 Å². The van der Waals surface area contributed by atoms with Crippen LogP contribution in [0.15, 0.2) is 24.3 Å². The second kappa shape index (κ2) is 12.2. The van der Waals surface area contributed by atoms with Crippen molar-refractivity contribution in [1.82, 2.24) is 21.3 Å². The average Bonchev–Trinajstić information content (AvgIpc) is 3.28. The van der Waals surface area contributed by atoms with Crippen LogP contribution in [0.1, 0.15) is 45.6 Å². The average molecular weight is 463 g/mol. The highest BCUT2D eigenvalue weighted by atomic mass is 16.4. The first-order valence-corrected chi connectivity index (χ1v) is 11.2. The summed E-state index contributed by atoms with van der Waals surface area (Å²) in [6.45, 7) is 6.07. The molecule has 2 rings (SSSR count). The van der Waals surface area contributed by atoms with Crippen molar-refractivity contribution in [2.24, 2.45) is 5.92 Å². The summed E-state index contributed by atoms with van der Waals surface area (Å²) in [5.41, 5.74) is 0.623. The first-order chi connectivity index (χ1) is 15.6. The number of amides is 3. The number of benzene rings is 1. The number of carbonyl (C=O) groups is 4. The lowest BCUT2D eigenvalue weighted by atomic mass is 10.0. The Balaban J connectivity index is 1.96. The Labute approximate surface area is 193 Å². The number of nitrogens with one attached hydrogen (secondary N) is 4. The van der Waals surface area contributed by atoms with Gasteiger partial charge in [0.15, 0.2) is 0 Å². The van der Waals surface area contributed by atoms with E-state index in [-0.39, 0.29) is 30.0 Å². The second-order valence-corrected chi connectivity index (χ2v) is 8.84. The number of hydrogen-bond donors (Lipinski definition) is 6. The zero-order valence-corrected chi connectivity index (χ0v) is 19.3. The molecule has 1 aromatic rings. The van der Waals surface area contributed by atoms with Gasteiger partial charge in [0, 0.05) is 6.42 Å². The van der Waals surface area contributed by atoms with Crippen LogP contribution in [0.2, 0.25) is 0 Å². The van der Waals surface area contributed by atoms with E-state index in [1.54, 1.807) is 12.1 Å².